The minimum atomic E-state index is -0.921. The summed E-state index contributed by atoms with van der Waals surface area (Å²) in [6.45, 7) is 19.1. The number of ether oxygens (including phenoxy) is 5. The maximum absolute atomic E-state index is 13.8. The number of alkyl carbamates (subject to hydrolysis) is 2. The van der Waals surface area contributed by atoms with Gasteiger partial charge in [-0.15, -0.1) is 0 Å². The number of hydrogen-bond acceptors (Lipinski definition) is 15. The molecule has 9 rings (SSSR count). The fourth-order valence-electron chi connectivity index (χ4n) is 9.76. The number of aromatic amines is 1. The number of aryl methyl sites for hydroxylation is 1. The molecule has 0 spiro atoms. The smallest absolute Gasteiger partial charge is 0.408 e. The summed E-state index contributed by atoms with van der Waals surface area (Å²) in [6.07, 6.45) is 5.88. The number of aromatic nitrogens is 1. The van der Waals surface area contributed by atoms with E-state index in [0.29, 0.717) is 73.3 Å². The van der Waals surface area contributed by atoms with Gasteiger partial charge >= 0.3 is 12.2 Å². The number of hydrogen-bond donors (Lipinski definition) is 6. The number of amides is 10. The predicted octanol–water partition coefficient (Wildman–Crippen LogP) is 5.35. The van der Waals surface area contributed by atoms with Crippen LogP contribution >= 0.6 is 15.9 Å². The van der Waals surface area contributed by atoms with Crippen molar-refractivity contribution in [3.63, 3.8) is 0 Å². The number of alkyl halides is 1. The molecule has 23 nitrogen and oxygen atoms in total. The minimum Gasteiger partial charge on any atom is -0.444 e. The molecule has 0 radical (unpaired) electrons. The molecule has 6 saturated heterocycles. The Morgan fingerprint density at radius 3 is 1.59 bits per heavy atom. The van der Waals surface area contributed by atoms with Gasteiger partial charge in [0.25, 0.3) is 23.6 Å². The number of benzene rings is 1. The number of fused-ring (bicyclic) bond motifs is 1. The molecule has 1 aromatic carbocycles. The second kappa shape index (κ2) is 28.4. The average Bonchev–Trinajstić information content (AvgIpc) is 4.32. The summed E-state index contributed by atoms with van der Waals surface area (Å²) in [6, 6.07) is 1.51. The Balaban J connectivity index is 0.000000198. The quantitative estimate of drug-likeness (QED) is 0.0993. The SMILES string of the molecule is BrCC1CCOCC1.CC(C)(C)OC(=O)N[C@H]1CC(=O)N(CC2CCOCC2)C1=O.CC(C)(C)OC(=O)N[C@H]1CC(=O)NC1=O.Cc1[nH]c(/C=C2\C(=O)Nc3ccc(F)cc32)c(C)c1C(=O)N[C@H]1CC(=O)N(CC2CCOCC2)C1=O. The first kappa shape index (κ1) is 63.6. The van der Waals surface area contributed by atoms with Gasteiger partial charge in [-0.2, -0.15) is 0 Å². The van der Waals surface area contributed by atoms with E-state index in [2.05, 4.69) is 47.5 Å². The summed E-state index contributed by atoms with van der Waals surface area (Å²) in [5, 5.41) is 13.5. The highest BCUT2D eigenvalue weighted by Crippen LogP contribution is 2.35. The molecule has 0 unspecified atom stereocenters. The standard InChI is InChI=1S/C26H27FN4O5.C15H24N2O5.C9H14N2O4.C6H11BrO/c1-13-20(10-18-17-9-16(27)3-4-19(17)29-24(18)33)28-14(2)23(13)25(34)30-21-11-22(32)31(26(21)35)12-15-5-7-36-8-6-15;1-15(2,3)22-14(20)16-11-8-12(18)17(13(11)19)9-10-4-6-21-7-5-10;1-9(2,3)15-8(14)10-5-4-6(12)11-7(5)13;7-5-6-1-3-8-4-2-6/h3-4,9-10,15,21,28H,5-8,11-12H2,1-2H3,(H,29,33)(H,30,34);10-11H,4-9H2,1-3H3,(H,16,20);5H,4H2,1-3H3,(H,10,14)(H,11,12,13);6H,1-5H2/b18-10-;;;/t21-;11-;5-;/m000./s1. The third kappa shape index (κ3) is 18.5. The molecule has 3 atom stereocenters. The van der Waals surface area contributed by atoms with Crippen LogP contribution in [0.15, 0.2) is 18.2 Å². The Morgan fingerprint density at radius 1 is 0.679 bits per heavy atom. The first-order valence-corrected chi connectivity index (χ1v) is 28.5. The van der Waals surface area contributed by atoms with Gasteiger partial charge in [0, 0.05) is 80.7 Å². The third-order valence-electron chi connectivity index (χ3n) is 14.0. The summed E-state index contributed by atoms with van der Waals surface area (Å²) in [5.41, 5.74) is 1.95. The number of nitrogens with zero attached hydrogens (tertiary/aromatic N) is 2. The molecule has 0 bridgehead atoms. The van der Waals surface area contributed by atoms with Gasteiger partial charge < -0.3 is 49.9 Å². The number of carbonyl (C=O) groups excluding carboxylic acids is 10. The molecule has 6 N–H and O–H groups in total. The van der Waals surface area contributed by atoms with E-state index in [4.69, 9.17) is 23.7 Å². The topological polar surface area (TPSA) is 299 Å². The van der Waals surface area contributed by atoms with E-state index >= 15 is 0 Å². The van der Waals surface area contributed by atoms with E-state index in [1.807, 2.05) is 0 Å². The predicted molar refractivity (Wildman–Crippen MR) is 296 cm³/mol. The second-order valence-corrected chi connectivity index (χ2v) is 23.5. The Labute approximate surface area is 478 Å². The van der Waals surface area contributed by atoms with Crippen LogP contribution in [-0.4, -0.2) is 162 Å². The molecule has 10 amide bonds. The van der Waals surface area contributed by atoms with Gasteiger partial charge in [0.05, 0.1) is 30.4 Å². The van der Waals surface area contributed by atoms with Crippen molar-refractivity contribution in [1.82, 2.24) is 36.1 Å². The van der Waals surface area contributed by atoms with Crippen LogP contribution in [0.25, 0.3) is 11.6 Å². The van der Waals surface area contributed by atoms with Crippen LogP contribution in [0.4, 0.5) is 19.7 Å². The highest BCUT2D eigenvalue weighted by atomic mass is 79.9. The summed E-state index contributed by atoms with van der Waals surface area (Å²) >= 11 is 3.46. The lowest BCUT2D eigenvalue weighted by molar-refractivity contribution is -0.141. The molecule has 7 aliphatic heterocycles. The molecule has 444 valence electrons. The molecule has 81 heavy (non-hydrogen) atoms. The fourth-order valence-corrected chi connectivity index (χ4v) is 10.4. The second-order valence-electron chi connectivity index (χ2n) is 22.8. The maximum atomic E-state index is 13.8. The zero-order chi connectivity index (χ0) is 59.3. The average molecular weight is 1200 g/mol. The Morgan fingerprint density at radius 2 is 1.15 bits per heavy atom. The molecular formula is C56H76BrFN8O15. The number of carbonyl (C=O) groups is 10. The van der Waals surface area contributed by atoms with E-state index in [9.17, 15) is 52.3 Å². The monoisotopic (exact) mass is 1200 g/mol. The van der Waals surface area contributed by atoms with Gasteiger partial charge in [-0.1, -0.05) is 15.9 Å². The van der Waals surface area contributed by atoms with Crippen molar-refractivity contribution in [3.8, 4) is 0 Å². The van der Waals surface area contributed by atoms with Gasteiger partial charge in [0.1, 0.15) is 35.1 Å². The Kier molecular flexibility index (Phi) is 22.3. The summed E-state index contributed by atoms with van der Waals surface area (Å²) in [5.74, 6) is -2.09. The van der Waals surface area contributed by atoms with Crippen LogP contribution in [0.1, 0.15) is 132 Å². The minimum absolute atomic E-state index is 0.00129. The number of imide groups is 3. The zero-order valence-corrected chi connectivity index (χ0v) is 48.9. The number of nitrogens with one attached hydrogen (secondary N) is 6. The maximum Gasteiger partial charge on any atom is 0.408 e. The molecule has 0 saturated carbocycles. The van der Waals surface area contributed by atoms with Gasteiger partial charge in [-0.3, -0.25) is 53.5 Å². The van der Waals surface area contributed by atoms with E-state index < -0.39 is 65.1 Å². The van der Waals surface area contributed by atoms with Crippen LogP contribution in [0.5, 0.6) is 0 Å². The highest BCUT2D eigenvalue weighted by Gasteiger charge is 2.43. The van der Waals surface area contributed by atoms with Crippen molar-refractivity contribution in [3.05, 3.63) is 52.1 Å². The molecule has 0 aliphatic carbocycles. The van der Waals surface area contributed by atoms with E-state index in [0.717, 1.165) is 50.1 Å². The van der Waals surface area contributed by atoms with Crippen LogP contribution in [0, 0.1) is 37.4 Å². The Bertz CT molecular complexity index is 2720. The zero-order valence-electron chi connectivity index (χ0n) is 47.3. The van der Waals surface area contributed by atoms with Crippen LogP contribution < -0.4 is 26.6 Å². The first-order valence-electron chi connectivity index (χ1n) is 27.3. The summed E-state index contributed by atoms with van der Waals surface area (Å²) < 4.78 is 39.6. The molecule has 1 aromatic heterocycles. The number of likely N-dealkylation sites (tertiary alicyclic amines) is 2. The molecule has 6 fully saturated rings. The molecule has 8 heterocycles. The lowest BCUT2D eigenvalue weighted by atomic mass is 10.00. The van der Waals surface area contributed by atoms with Gasteiger partial charge in [0.2, 0.25) is 23.6 Å². The normalized spacial score (nSPS) is 22.2. The van der Waals surface area contributed by atoms with Crippen LogP contribution in [0.3, 0.4) is 0 Å². The highest BCUT2D eigenvalue weighted by molar-refractivity contribution is 9.09. The van der Waals surface area contributed by atoms with Crippen molar-refractivity contribution in [2.75, 3.05) is 63.4 Å². The number of anilines is 1. The summed E-state index contributed by atoms with van der Waals surface area (Å²) in [4.78, 5) is 126. The number of H-pyrrole nitrogens is 1. The molecule has 7 aliphatic rings. The van der Waals surface area contributed by atoms with Crippen molar-refractivity contribution in [2.24, 2.45) is 17.8 Å². The third-order valence-corrected chi connectivity index (χ3v) is 14.9. The number of halogens is 2. The first-order chi connectivity index (χ1) is 38.2. The van der Waals surface area contributed by atoms with Gasteiger partial charge in [0.15, 0.2) is 0 Å². The van der Waals surface area contributed by atoms with Crippen LogP contribution in [0.2, 0.25) is 0 Å². The van der Waals surface area contributed by atoms with E-state index in [-0.39, 0.29) is 66.2 Å². The lowest BCUT2D eigenvalue weighted by Gasteiger charge is -2.26. The fraction of sp³-hybridized carbons (Fsp3) is 0.607. The van der Waals surface area contributed by atoms with E-state index in [1.165, 1.54) is 40.8 Å². The largest absolute Gasteiger partial charge is 0.444 e. The molecule has 25 heteroatoms. The lowest BCUT2D eigenvalue weighted by Crippen LogP contribution is -2.45. The van der Waals surface area contributed by atoms with Crippen molar-refractivity contribution >= 4 is 92.7 Å². The van der Waals surface area contributed by atoms with Crippen molar-refractivity contribution in [1.29, 1.82) is 0 Å². The van der Waals surface area contributed by atoms with Crippen molar-refractivity contribution in [2.45, 2.75) is 143 Å². The Hall–Kier alpha value is -6.57. The van der Waals surface area contributed by atoms with Gasteiger partial charge in [-0.05, 0) is 142 Å². The van der Waals surface area contributed by atoms with Crippen LogP contribution in [-0.2, 0) is 57.2 Å². The molecule has 2 aromatic rings. The number of rotatable bonds is 10. The van der Waals surface area contributed by atoms with Gasteiger partial charge in [-0.25, -0.2) is 14.0 Å². The summed E-state index contributed by atoms with van der Waals surface area (Å²) in [7, 11) is 0. The van der Waals surface area contributed by atoms with E-state index in [1.54, 1.807) is 61.5 Å². The molecular weight excluding hydrogens is 1120 g/mol. The van der Waals surface area contributed by atoms with Crippen molar-refractivity contribution < 1.29 is 76.0 Å².